The van der Waals surface area contributed by atoms with Gasteiger partial charge in [-0.15, -0.1) is 12.6 Å². The van der Waals surface area contributed by atoms with E-state index < -0.39 is 16.6 Å². The number of ether oxygens (including phenoxy) is 1. The van der Waals surface area contributed by atoms with E-state index in [4.69, 9.17) is 5.26 Å². The summed E-state index contributed by atoms with van der Waals surface area (Å²) in [7, 11) is 1.10. The van der Waals surface area contributed by atoms with Crippen molar-refractivity contribution >= 4 is 24.3 Å². The van der Waals surface area contributed by atoms with Crippen LogP contribution in [0.1, 0.15) is 15.9 Å². The average molecular weight is 238 g/mol. The van der Waals surface area contributed by atoms with Gasteiger partial charge < -0.3 is 4.74 Å². The van der Waals surface area contributed by atoms with Gasteiger partial charge in [0.1, 0.15) is 5.56 Å². The van der Waals surface area contributed by atoms with Crippen LogP contribution in [0.15, 0.2) is 17.0 Å². The van der Waals surface area contributed by atoms with Gasteiger partial charge in [0.25, 0.3) is 5.69 Å². The number of benzene rings is 1. The number of thiol groups is 1. The summed E-state index contributed by atoms with van der Waals surface area (Å²) in [6.45, 7) is 0. The maximum absolute atomic E-state index is 11.3. The highest BCUT2D eigenvalue weighted by Gasteiger charge is 2.25. The maximum atomic E-state index is 11.3. The zero-order valence-electron chi connectivity index (χ0n) is 8.13. The Morgan fingerprint density at radius 1 is 1.62 bits per heavy atom. The SMILES string of the molecule is COC(=O)c1cc(C#N)cc(S)c1[N+](=O)[O-]. The van der Waals surface area contributed by atoms with E-state index in [0.717, 1.165) is 13.2 Å². The molecule has 1 rings (SSSR count). The van der Waals surface area contributed by atoms with Crippen LogP contribution in [0.3, 0.4) is 0 Å². The summed E-state index contributed by atoms with van der Waals surface area (Å²) in [6.07, 6.45) is 0. The first-order chi connectivity index (χ1) is 7.51. The van der Waals surface area contributed by atoms with Crippen molar-refractivity contribution in [1.29, 1.82) is 5.26 Å². The van der Waals surface area contributed by atoms with E-state index in [1.165, 1.54) is 6.07 Å². The molecule has 0 aliphatic carbocycles. The predicted octanol–water partition coefficient (Wildman–Crippen LogP) is 1.54. The lowest BCUT2D eigenvalue weighted by Gasteiger charge is -2.03. The van der Waals surface area contributed by atoms with Gasteiger partial charge in [-0.1, -0.05) is 0 Å². The van der Waals surface area contributed by atoms with Crippen LogP contribution in [0.25, 0.3) is 0 Å². The third-order valence-corrected chi connectivity index (χ3v) is 2.15. The van der Waals surface area contributed by atoms with Gasteiger partial charge in [-0.05, 0) is 12.1 Å². The normalized spacial score (nSPS) is 9.31. The quantitative estimate of drug-likeness (QED) is 0.365. The van der Waals surface area contributed by atoms with Gasteiger partial charge >= 0.3 is 5.97 Å². The second-order valence-corrected chi connectivity index (χ2v) is 3.23. The minimum absolute atomic E-state index is 0.0514. The van der Waals surface area contributed by atoms with Crippen molar-refractivity contribution in [2.45, 2.75) is 4.90 Å². The summed E-state index contributed by atoms with van der Waals surface area (Å²) in [5.74, 6) is -0.876. The molecule has 0 atom stereocenters. The summed E-state index contributed by atoms with van der Waals surface area (Å²) >= 11 is 3.86. The van der Waals surface area contributed by atoms with Crippen molar-refractivity contribution in [3.05, 3.63) is 33.4 Å². The molecule has 0 fully saturated rings. The van der Waals surface area contributed by atoms with Crippen molar-refractivity contribution in [3.63, 3.8) is 0 Å². The summed E-state index contributed by atoms with van der Waals surface area (Å²) in [5, 5.41) is 19.4. The molecule has 0 amide bonds. The number of nitriles is 1. The van der Waals surface area contributed by atoms with E-state index in [1.54, 1.807) is 6.07 Å². The zero-order chi connectivity index (χ0) is 12.3. The number of nitro groups is 1. The van der Waals surface area contributed by atoms with Crippen LogP contribution in [0.4, 0.5) is 5.69 Å². The van der Waals surface area contributed by atoms with Gasteiger partial charge in [0.2, 0.25) is 0 Å². The molecular formula is C9H6N2O4S. The number of carbonyl (C=O) groups is 1. The van der Waals surface area contributed by atoms with Gasteiger partial charge in [0, 0.05) is 0 Å². The topological polar surface area (TPSA) is 93.2 Å². The van der Waals surface area contributed by atoms with E-state index in [1.807, 2.05) is 0 Å². The van der Waals surface area contributed by atoms with Gasteiger partial charge in [-0.3, -0.25) is 10.1 Å². The van der Waals surface area contributed by atoms with Crippen LogP contribution >= 0.6 is 12.6 Å². The molecular weight excluding hydrogens is 232 g/mol. The van der Waals surface area contributed by atoms with E-state index in [-0.39, 0.29) is 16.0 Å². The minimum atomic E-state index is -0.876. The summed E-state index contributed by atoms with van der Waals surface area (Å²) in [5.41, 5.74) is -0.637. The maximum Gasteiger partial charge on any atom is 0.344 e. The van der Waals surface area contributed by atoms with Crippen molar-refractivity contribution < 1.29 is 14.5 Å². The Morgan fingerprint density at radius 3 is 2.69 bits per heavy atom. The molecule has 0 aromatic heterocycles. The Labute approximate surface area is 96.0 Å². The van der Waals surface area contributed by atoms with Crippen molar-refractivity contribution in [2.75, 3.05) is 7.11 Å². The van der Waals surface area contributed by atoms with E-state index in [0.29, 0.717) is 0 Å². The fourth-order valence-corrected chi connectivity index (χ4v) is 1.48. The second-order valence-electron chi connectivity index (χ2n) is 2.75. The van der Waals surface area contributed by atoms with E-state index in [9.17, 15) is 14.9 Å². The van der Waals surface area contributed by atoms with Gasteiger partial charge in [0.05, 0.1) is 28.6 Å². The molecule has 1 aromatic rings. The lowest BCUT2D eigenvalue weighted by atomic mass is 10.1. The molecule has 6 nitrogen and oxygen atoms in total. The summed E-state index contributed by atoms with van der Waals surface area (Å²) < 4.78 is 4.39. The van der Waals surface area contributed by atoms with Gasteiger partial charge in [-0.2, -0.15) is 5.26 Å². The predicted molar refractivity (Wildman–Crippen MR) is 56.4 cm³/mol. The lowest BCUT2D eigenvalue weighted by Crippen LogP contribution is -2.07. The number of methoxy groups -OCH3 is 1. The number of carbonyl (C=O) groups excluding carboxylic acids is 1. The molecule has 0 spiro atoms. The first kappa shape index (κ1) is 12.0. The Kier molecular flexibility index (Phi) is 3.48. The molecule has 0 saturated heterocycles. The third kappa shape index (κ3) is 2.12. The van der Waals surface area contributed by atoms with Gasteiger partial charge in [0.15, 0.2) is 0 Å². The highest BCUT2D eigenvalue weighted by molar-refractivity contribution is 7.80. The van der Waals surface area contributed by atoms with Gasteiger partial charge in [-0.25, -0.2) is 4.79 Å². The molecule has 0 unspecified atom stereocenters. The van der Waals surface area contributed by atoms with Crippen LogP contribution in [0, 0.1) is 21.4 Å². The van der Waals surface area contributed by atoms with E-state index >= 15 is 0 Å². The molecule has 0 saturated carbocycles. The molecule has 0 heterocycles. The summed E-state index contributed by atoms with van der Waals surface area (Å²) in [6, 6.07) is 4.09. The van der Waals surface area contributed by atoms with Crippen molar-refractivity contribution in [2.24, 2.45) is 0 Å². The molecule has 16 heavy (non-hydrogen) atoms. The summed E-state index contributed by atoms with van der Waals surface area (Å²) in [4.78, 5) is 21.2. The number of nitro benzene ring substituents is 1. The van der Waals surface area contributed by atoms with E-state index in [2.05, 4.69) is 17.4 Å². The highest BCUT2D eigenvalue weighted by Crippen LogP contribution is 2.29. The second kappa shape index (κ2) is 4.63. The van der Waals surface area contributed by atoms with Crippen molar-refractivity contribution in [3.8, 4) is 6.07 Å². The number of rotatable bonds is 2. The fourth-order valence-electron chi connectivity index (χ4n) is 1.14. The average Bonchev–Trinajstić information content (AvgIpc) is 2.26. The minimum Gasteiger partial charge on any atom is -0.465 e. The van der Waals surface area contributed by atoms with Crippen LogP contribution in [0.5, 0.6) is 0 Å². The Bertz CT molecular complexity index is 507. The van der Waals surface area contributed by atoms with Crippen LogP contribution < -0.4 is 0 Å². The molecule has 0 N–H and O–H groups in total. The highest BCUT2D eigenvalue weighted by atomic mass is 32.1. The van der Waals surface area contributed by atoms with Crippen molar-refractivity contribution in [1.82, 2.24) is 0 Å². The van der Waals surface area contributed by atoms with Crippen LogP contribution in [-0.4, -0.2) is 18.0 Å². The van der Waals surface area contributed by atoms with Crippen LogP contribution in [-0.2, 0) is 4.74 Å². The number of hydrogen-bond donors (Lipinski definition) is 1. The number of esters is 1. The fraction of sp³-hybridized carbons (Fsp3) is 0.111. The Hall–Kier alpha value is -2.07. The van der Waals surface area contributed by atoms with Crippen LogP contribution in [0.2, 0.25) is 0 Å². The monoisotopic (exact) mass is 238 g/mol. The molecule has 0 bridgehead atoms. The molecule has 1 aromatic carbocycles. The molecule has 82 valence electrons. The number of hydrogen-bond acceptors (Lipinski definition) is 6. The lowest BCUT2D eigenvalue weighted by molar-refractivity contribution is -0.388. The first-order valence-corrected chi connectivity index (χ1v) is 4.45. The Balaban J connectivity index is 3.54. The molecule has 7 heteroatoms. The first-order valence-electron chi connectivity index (χ1n) is 4.01. The standard InChI is InChI=1S/C9H6N2O4S/c1-15-9(12)6-2-5(4-10)3-7(16)8(6)11(13)14/h2-3,16H,1H3. The molecule has 0 radical (unpaired) electrons. The molecule has 0 aliphatic heterocycles. The largest absolute Gasteiger partial charge is 0.465 e. The third-order valence-electron chi connectivity index (χ3n) is 1.81. The smallest absolute Gasteiger partial charge is 0.344 e. The Morgan fingerprint density at radius 2 is 2.25 bits per heavy atom. The number of nitrogens with zero attached hydrogens (tertiary/aromatic N) is 2. The molecule has 0 aliphatic rings. The zero-order valence-corrected chi connectivity index (χ0v) is 9.02.